The van der Waals surface area contributed by atoms with E-state index < -0.39 is 0 Å². The number of aryl methyl sites for hydroxylation is 1. The third-order valence-electron chi connectivity index (χ3n) is 4.16. The Morgan fingerprint density at radius 1 is 1.50 bits per heavy atom. The number of nitrogens with zero attached hydrogens (tertiary/aromatic N) is 5. The fourth-order valence-electron chi connectivity index (χ4n) is 2.89. The highest BCUT2D eigenvalue weighted by atomic mass is 32.2. The molecule has 1 aliphatic rings. The maximum absolute atomic E-state index is 12.7. The number of urea groups is 1. The van der Waals surface area contributed by atoms with E-state index in [2.05, 4.69) is 22.4 Å². The van der Waals surface area contributed by atoms with Crippen LogP contribution in [0.4, 0.5) is 4.79 Å². The van der Waals surface area contributed by atoms with Gasteiger partial charge < -0.3 is 10.2 Å². The van der Waals surface area contributed by atoms with Crippen molar-refractivity contribution in [2.75, 3.05) is 24.6 Å². The Labute approximate surface area is 146 Å². The fraction of sp³-hybridized carbons (Fsp3) is 0.562. The third kappa shape index (κ3) is 4.11. The molecule has 8 heteroatoms. The van der Waals surface area contributed by atoms with Crippen LogP contribution < -0.4 is 5.32 Å². The van der Waals surface area contributed by atoms with Crippen molar-refractivity contribution in [1.82, 2.24) is 29.8 Å². The van der Waals surface area contributed by atoms with E-state index in [1.54, 1.807) is 10.9 Å². The molecule has 0 bridgehead atoms. The van der Waals surface area contributed by atoms with E-state index in [1.165, 1.54) is 0 Å². The van der Waals surface area contributed by atoms with E-state index in [-0.39, 0.29) is 12.1 Å². The molecule has 1 aliphatic heterocycles. The quantitative estimate of drug-likeness (QED) is 0.894. The highest BCUT2D eigenvalue weighted by Crippen LogP contribution is 2.29. The van der Waals surface area contributed by atoms with Gasteiger partial charge in [-0.2, -0.15) is 22.0 Å². The van der Waals surface area contributed by atoms with Gasteiger partial charge in [0.1, 0.15) is 0 Å². The molecule has 0 unspecified atom stereocenters. The van der Waals surface area contributed by atoms with Crippen LogP contribution in [0.25, 0.3) is 0 Å². The molecule has 1 fully saturated rings. The molecule has 7 nitrogen and oxygen atoms in total. The van der Waals surface area contributed by atoms with E-state index in [0.29, 0.717) is 12.5 Å². The summed E-state index contributed by atoms with van der Waals surface area (Å²) in [5.74, 6) is 2.22. The summed E-state index contributed by atoms with van der Waals surface area (Å²) >= 11 is 1.89. The Balaban J connectivity index is 1.56. The van der Waals surface area contributed by atoms with E-state index in [0.717, 1.165) is 30.2 Å². The first-order valence-corrected chi connectivity index (χ1v) is 9.37. The Hall–Kier alpha value is -1.96. The topological polar surface area (TPSA) is 68.0 Å². The minimum absolute atomic E-state index is 0.0106. The predicted octanol–water partition coefficient (Wildman–Crippen LogP) is 1.75. The fourth-order valence-corrected chi connectivity index (χ4v) is 3.98. The number of hydrogen-bond acceptors (Lipinski definition) is 4. The minimum atomic E-state index is 0.0106. The van der Waals surface area contributed by atoms with Crippen LogP contribution >= 0.6 is 11.8 Å². The van der Waals surface area contributed by atoms with Crippen molar-refractivity contribution in [3.8, 4) is 0 Å². The molecular formula is C16H24N6OS. The van der Waals surface area contributed by atoms with Crippen LogP contribution in [0.5, 0.6) is 0 Å². The molecule has 130 valence electrons. The SMILES string of the molecule is C[C@H](CNC(=O)N1CCSC[C@@H]1c1cnn(C)c1)Cn1cccn1. The van der Waals surface area contributed by atoms with Crippen molar-refractivity contribution >= 4 is 17.8 Å². The Bertz CT molecular complexity index is 655. The standard InChI is InChI=1S/C16H24N6OS/c1-13(10-21-5-3-4-18-21)8-17-16(23)22-6-7-24-12-15(22)14-9-19-20(2)11-14/h3-5,9,11,13,15H,6-8,10,12H2,1-2H3,(H,17,23)/t13-,15-/m1/s1. The molecule has 2 aromatic heterocycles. The van der Waals surface area contributed by atoms with Crippen LogP contribution in [0.2, 0.25) is 0 Å². The molecule has 24 heavy (non-hydrogen) atoms. The van der Waals surface area contributed by atoms with Crippen LogP contribution in [-0.4, -0.2) is 55.1 Å². The lowest BCUT2D eigenvalue weighted by molar-refractivity contribution is 0.180. The largest absolute Gasteiger partial charge is 0.338 e. The number of hydrogen-bond donors (Lipinski definition) is 1. The van der Waals surface area contributed by atoms with Crippen LogP contribution in [0.15, 0.2) is 30.9 Å². The third-order valence-corrected chi connectivity index (χ3v) is 5.18. The number of nitrogens with one attached hydrogen (secondary N) is 1. The predicted molar refractivity (Wildman–Crippen MR) is 94.8 cm³/mol. The molecule has 1 N–H and O–H groups in total. The summed E-state index contributed by atoms with van der Waals surface area (Å²) in [5, 5.41) is 11.5. The summed E-state index contributed by atoms with van der Waals surface area (Å²) in [5.41, 5.74) is 1.10. The van der Waals surface area contributed by atoms with Gasteiger partial charge in [-0.25, -0.2) is 4.79 Å². The van der Waals surface area contributed by atoms with Gasteiger partial charge in [0.05, 0.1) is 12.2 Å². The molecular weight excluding hydrogens is 324 g/mol. The number of aromatic nitrogens is 4. The Morgan fingerprint density at radius 2 is 2.38 bits per heavy atom. The van der Waals surface area contributed by atoms with Crippen molar-refractivity contribution in [3.05, 3.63) is 36.4 Å². The average molecular weight is 348 g/mol. The Morgan fingerprint density at radius 3 is 3.08 bits per heavy atom. The highest BCUT2D eigenvalue weighted by Gasteiger charge is 2.29. The summed E-state index contributed by atoms with van der Waals surface area (Å²) in [6, 6.07) is 2.02. The first kappa shape index (κ1) is 16.9. The molecule has 3 heterocycles. The van der Waals surface area contributed by atoms with E-state index in [4.69, 9.17) is 0 Å². The van der Waals surface area contributed by atoms with Crippen LogP contribution in [0, 0.1) is 5.92 Å². The average Bonchev–Trinajstić information content (AvgIpc) is 3.24. The second-order valence-corrected chi connectivity index (χ2v) is 7.40. The van der Waals surface area contributed by atoms with Gasteiger partial charge in [-0.15, -0.1) is 0 Å². The van der Waals surface area contributed by atoms with Crippen molar-refractivity contribution in [2.45, 2.75) is 19.5 Å². The Kier molecular flexibility index (Phi) is 5.44. The molecule has 2 amide bonds. The zero-order chi connectivity index (χ0) is 16.9. The van der Waals surface area contributed by atoms with Gasteiger partial charge in [-0.05, 0) is 12.0 Å². The molecule has 2 aromatic rings. The first-order valence-electron chi connectivity index (χ1n) is 8.21. The van der Waals surface area contributed by atoms with Crippen molar-refractivity contribution < 1.29 is 4.79 Å². The maximum atomic E-state index is 12.7. The molecule has 1 saturated heterocycles. The van der Waals surface area contributed by atoms with Gasteiger partial charge in [0, 0.05) is 62.3 Å². The molecule has 0 spiro atoms. The molecule has 0 radical (unpaired) electrons. The molecule has 0 saturated carbocycles. The van der Waals surface area contributed by atoms with E-state index in [9.17, 15) is 4.79 Å². The number of carbonyl (C=O) groups is 1. The zero-order valence-corrected chi connectivity index (χ0v) is 14.9. The molecule has 0 aromatic carbocycles. The molecule has 0 aliphatic carbocycles. The lowest BCUT2D eigenvalue weighted by Crippen LogP contribution is -2.47. The van der Waals surface area contributed by atoms with Crippen LogP contribution in [-0.2, 0) is 13.6 Å². The van der Waals surface area contributed by atoms with Gasteiger partial charge in [0.2, 0.25) is 0 Å². The van der Waals surface area contributed by atoms with Crippen molar-refractivity contribution in [3.63, 3.8) is 0 Å². The van der Waals surface area contributed by atoms with E-state index in [1.807, 2.05) is 53.0 Å². The van der Waals surface area contributed by atoms with Gasteiger partial charge in [0.25, 0.3) is 0 Å². The smallest absolute Gasteiger partial charge is 0.317 e. The molecule has 2 atom stereocenters. The second-order valence-electron chi connectivity index (χ2n) is 6.25. The summed E-state index contributed by atoms with van der Waals surface area (Å²) < 4.78 is 3.68. The van der Waals surface area contributed by atoms with Crippen molar-refractivity contribution in [1.29, 1.82) is 0 Å². The summed E-state index contributed by atoms with van der Waals surface area (Å²) in [6.07, 6.45) is 7.57. The monoisotopic (exact) mass is 348 g/mol. The number of thioether (sulfide) groups is 1. The minimum Gasteiger partial charge on any atom is -0.338 e. The van der Waals surface area contributed by atoms with Crippen molar-refractivity contribution in [2.24, 2.45) is 13.0 Å². The van der Waals surface area contributed by atoms with Crippen LogP contribution in [0.3, 0.4) is 0 Å². The zero-order valence-electron chi connectivity index (χ0n) is 14.1. The summed E-state index contributed by atoms with van der Waals surface area (Å²) in [4.78, 5) is 14.6. The number of rotatable bonds is 5. The van der Waals surface area contributed by atoms with Gasteiger partial charge in [-0.1, -0.05) is 6.92 Å². The normalized spacial score (nSPS) is 19.2. The van der Waals surface area contributed by atoms with Crippen LogP contribution in [0.1, 0.15) is 18.5 Å². The lowest BCUT2D eigenvalue weighted by atomic mass is 10.1. The first-order chi connectivity index (χ1) is 11.6. The van der Waals surface area contributed by atoms with Gasteiger partial charge in [0.15, 0.2) is 0 Å². The maximum Gasteiger partial charge on any atom is 0.317 e. The van der Waals surface area contributed by atoms with Gasteiger partial charge in [-0.3, -0.25) is 9.36 Å². The van der Waals surface area contributed by atoms with Gasteiger partial charge >= 0.3 is 6.03 Å². The second kappa shape index (κ2) is 7.74. The summed E-state index contributed by atoms with van der Waals surface area (Å²) in [7, 11) is 1.90. The number of carbonyl (C=O) groups excluding carboxylic acids is 1. The van der Waals surface area contributed by atoms with E-state index >= 15 is 0 Å². The highest BCUT2D eigenvalue weighted by molar-refractivity contribution is 7.99. The molecule has 3 rings (SSSR count). The summed E-state index contributed by atoms with van der Waals surface area (Å²) in [6.45, 7) is 4.33. The lowest BCUT2D eigenvalue weighted by Gasteiger charge is -2.35. The number of amides is 2.